The summed E-state index contributed by atoms with van der Waals surface area (Å²) in [5.74, 6) is 5.45. The van der Waals surface area contributed by atoms with Crippen molar-refractivity contribution in [2.75, 3.05) is 5.43 Å². The van der Waals surface area contributed by atoms with E-state index in [1.807, 2.05) is 0 Å². The molecule has 0 spiro atoms. The van der Waals surface area contributed by atoms with Crippen molar-refractivity contribution < 1.29 is 0 Å². The normalized spacial score (nSPS) is 16.2. The first-order chi connectivity index (χ1) is 8.12. The van der Waals surface area contributed by atoms with E-state index in [2.05, 4.69) is 48.5 Å². The summed E-state index contributed by atoms with van der Waals surface area (Å²) in [5, 5.41) is 0.794. The fourth-order valence-corrected chi connectivity index (χ4v) is 3.63. The van der Waals surface area contributed by atoms with Crippen molar-refractivity contribution >= 4 is 16.5 Å². The third-order valence-electron chi connectivity index (χ3n) is 3.33. The Morgan fingerprint density at radius 2 is 2.12 bits per heavy atom. The van der Waals surface area contributed by atoms with Gasteiger partial charge in [0.1, 0.15) is 0 Å². The zero-order chi connectivity index (χ0) is 12.0. The maximum Gasteiger partial charge on any atom is 0.197 e. The average molecular weight is 245 g/mol. The molecule has 17 heavy (non-hydrogen) atoms. The fourth-order valence-electron chi connectivity index (χ4n) is 2.52. The molecule has 0 atom stereocenters. The number of nitrogens with two attached hydrogens (primary N) is 1. The van der Waals surface area contributed by atoms with Crippen LogP contribution in [0.5, 0.6) is 0 Å². The number of nitrogens with one attached hydrogen (secondary N) is 1. The quantitative estimate of drug-likeness (QED) is 0.600. The molecule has 0 amide bonds. The molecule has 1 aromatic carbocycles. The third-order valence-corrected chi connectivity index (χ3v) is 4.32. The number of thiazole rings is 1. The van der Waals surface area contributed by atoms with E-state index in [0.29, 0.717) is 0 Å². The molecule has 0 aliphatic heterocycles. The van der Waals surface area contributed by atoms with Gasteiger partial charge in [-0.3, -0.25) is 5.43 Å². The number of aromatic nitrogens is 1. The molecule has 4 heteroatoms. The summed E-state index contributed by atoms with van der Waals surface area (Å²) in [4.78, 5) is 5.88. The highest BCUT2D eigenvalue weighted by atomic mass is 32.1. The van der Waals surface area contributed by atoms with Gasteiger partial charge in [-0.15, -0.1) is 11.3 Å². The highest BCUT2D eigenvalue weighted by Crippen LogP contribution is 2.45. The molecule has 0 fully saturated rings. The van der Waals surface area contributed by atoms with Gasteiger partial charge in [-0.2, -0.15) is 0 Å². The highest BCUT2D eigenvalue weighted by Gasteiger charge is 2.32. The van der Waals surface area contributed by atoms with E-state index in [9.17, 15) is 0 Å². The zero-order valence-corrected chi connectivity index (χ0v) is 10.8. The Bertz CT molecular complexity index is 572. The Balaban J connectivity index is 2.26. The lowest BCUT2D eigenvalue weighted by Crippen LogP contribution is -2.24. The van der Waals surface area contributed by atoms with Crippen LogP contribution >= 0.6 is 11.3 Å². The van der Waals surface area contributed by atoms with Gasteiger partial charge in [0, 0.05) is 10.4 Å². The first-order valence-corrected chi connectivity index (χ1v) is 6.50. The predicted molar refractivity (Wildman–Crippen MR) is 72.1 cm³/mol. The minimum Gasteiger partial charge on any atom is -0.300 e. The van der Waals surface area contributed by atoms with Crippen molar-refractivity contribution in [2.45, 2.75) is 25.7 Å². The SMILES string of the molecule is CC1(C)Cc2sc(NN)nc2-c2ccccc21. The van der Waals surface area contributed by atoms with E-state index in [0.717, 1.165) is 17.2 Å². The molecular formula is C13H15N3S. The number of rotatable bonds is 1. The Morgan fingerprint density at radius 3 is 2.88 bits per heavy atom. The molecule has 3 nitrogen and oxygen atoms in total. The number of hydrogen-bond donors (Lipinski definition) is 2. The topological polar surface area (TPSA) is 50.9 Å². The second-order valence-electron chi connectivity index (χ2n) is 5.04. The highest BCUT2D eigenvalue weighted by molar-refractivity contribution is 7.16. The summed E-state index contributed by atoms with van der Waals surface area (Å²) in [6.45, 7) is 4.56. The van der Waals surface area contributed by atoms with Crippen LogP contribution in [0.25, 0.3) is 11.3 Å². The molecule has 1 heterocycles. The van der Waals surface area contributed by atoms with E-state index in [1.54, 1.807) is 11.3 Å². The van der Waals surface area contributed by atoms with Gasteiger partial charge in [0.25, 0.3) is 0 Å². The molecule has 0 radical (unpaired) electrons. The van der Waals surface area contributed by atoms with E-state index < -0.39 is 0 Å². The van der Waals surface area contributed by atoms with Crippen molar-refractivity contribution in [3.05, 3.63) is 34.7 Å². The molecule has 1 aliphatic carbocycles. The number of benzene rings is 1. The first-order valence-electron chi connectivity index (χ1n) is 5.68. The molecule has 3 N–H and O–H groups in total. The van der Waals surface area contributed by atoms with Gasteiger partial charge in [0.05, 0.1) is 5.69 Å². The van der Waals surface area contributed by atoms with Crippen LogP contribution in [0, 0.1) is 0 Å². The van der Waals surface area contributed by atoms with E-state index in [1.165, 1.54) is 16.0 Å². The van der Waals surface area contributed by atoms with E-state index in [-0.39, 0.29) is 5.41 Å². The Labute approximate surface area is 105 Å². The molecular weight excluding hydrogens is 230 g/mol. The summed E-state index contributed by atoms with van der Waals surface area (Å²) in [6, 6.07) is 8.52. The van der Waals surface area contributed by atoms with Crippen LogP contribution in [0.1, 0.15) is 24.3 Å². The van der Waals surface area contributed by atoms with E-state index >= 15 is 0 Å². The summed E-state index contributed by atoms with van der Waals surface area (Å²) in [7, 11) is 0. The van der Waals surface area contributed by atoms with Gasteiger partial charge in [0.2, 0.25) is 0 Å². The monoisotopic (exact) mass is 245 g/mol. The lowest BCUT2D eigenvalue weighted by atomic mass is 9.74. The Kier molecular flexibility index (Phi) is 2.24. The molecule has 0 unspecified atom stereocenters. The number of anilines is 1. The van der Waals surface area contributed by atoms with Crippen LogP contribution in [-0.2, 0) is 11.8 Å². The molecule has 3 rings (SSSR count). The van der Waals surface area contributed by atoms with E-state index in [4.69, 9.17) is 5.84 Å². The molecule has 0 saturated carbocycles. The van der Waals surface area contributed by atoms with Gasteiger partial charge in [-0.1, -0.05) is 38.1 Å². The summed E-state index contributed by atoms with van der Waals surface area (Å²) < 4.78 is 0. The number of fused-ring (bicyclic) bond motifs is 3. The standard InChI is InChI=1S/C13H15N3S/c1-13(2)7-10-11(15-12(16-14)17-10)8-5-3-4-6-9(8)13/h3-6H,7,14H2,1-2H3,(H,15,16). The van der Waals surface area contributed by atoms with Crippen molar-refractivity contribution in [1.29, 1.82) is 0 Å². The molecule has 1 aromatic heterocycles. The summed E-state index contributed by atoms with van der Waals surface area (Å²) in [6.07, 6.45) is 1.03. The van der Waals surface area contributed by atoms with Crippen molar-refractivity contribution in [3.63, 3.8) is 0 Å². The van der Waals surface area contributed by atoms with Crippen LogP contribution in [0.4, 0.5) is 5.13 Å². The van der Waals surface area contributed by atoms with Crippen LogP contribution in [-0.4, -0.2) is 4.98 Å². The maximum atomic E-state index is 5.45. The molecule has 0 saturated heterocycles. The second-order valence-corrected chi connectivity index (χ2v) is 6.13. The third kappa shape index (κ3) is 1.56. The van der Waals surface area contributed by atoms with Gasteiger partial charge >= 0.3 is 0 Å². The van der Waals surface area contributed by atoms with Crippen LogP contribution in [0.15, 0.2) is 24.3 Å². The smallest absolute Gasteiger partial charge is 0.197 e. The van der Waals surface area contributed by atoms with Crippen molar-refractivity contribution in [1.82, 2.24) is 4.98 Å². The summed E-state index contributed by atoms with van der Waals surface area (Å²) in [5.41, 5.74) is 6.54. The number of hydrazine groups is 1. The fraction of sp³-hybridized carbons (Fsp3) is 0.308. The van der Waals surface area contributed by atoms with Crippen molar-refractivity contribution in [3.8, 4) is 11.3 Å². The van der Waals surface area contributed by atoms with Crippen LogP contribution < -0.4 is 11.3 Å². The van der Waals surface area contributed by atoms with Gasteiger partial charge in [-0.25, -0.2) is 10.8 Å². The molecule has 88 valence electrons. The number of hydrogen-bond acceptors (Lipinski definition) is 4. The zero-order valence-electron chi connectivity index (χ0n) is 9.95. The maximum absolute atomic E-state index is 5.45. The molecule has 2 aromatic rings. The Morgan fingerprint density at radius 1 is 1.35 bits per heavy atom. The van der Waals surface area contributed by atoms with Gasteiger partial charge in [0.15, 0.2) is 5.13 Å². The molecule has 1 aliphatic rings. The number of nitrogens with zero attached hydrogens (tertiary/aromatic N) is 1. The lowest BCUT2D eigenvalue weighted by molar-refractivity contribution is 0.521. The van der Waals surface area contributed by atoms with Crippen LogP contribution in [0.2, 0.25) is 0 Å². The summed E-state index contributed by atoms with van der Waals surface area (Å²) >= 11 is 1.65. The minimum absolute atomic E-state index is 0.169. The first kappa shape index (κ1) is 10.7. The average Bonchev–Trinajstić information content (AvgIpc) is 2.71. The predicted octanol–water partition coefficient (Wildman–Crippen LogP) is 2.93. The largest absolute Gasteiger partial charge is 0.300 e. The van der Waals surface area contributed by atoms with Crippen molar-refractivity contribution in [2.24, 2.45) is 5.84 Å². The Hall–Kier alpha value is -1.39. The van der Waals surface area contributed by atoms with Crippen LogP contribution in [0.3, 0.4) is 0 Å². The van der Waals surface area contributed by atoms with Gasteiger partial charge < -0.3 is 0 Å². The lowest BCUT2D eigenvalue weighted by Gasteiger charge is -2.31. The minimum atomic E-state index is 0.169. The number of nitrogen functional groups attached to an aromatic ring is 1. The second kappa shape index (κ2) is 3.55. The molecule has 0 bridgehead atoms. The van der Waals surface area contributed by atoms with Gasteiger partial charge in [-0.05, 0) is 17.4 Å².